The van der Waals surface area contributed by atoms with E-state index in [1.54, 1.807) is 0 Å². The van der Waals surface area contributed by atoms with Gasteiger partial charge in [-0.1, -0.05) is 276 Å². The van der Waals surface area contributed by atoms with Crippen molar-refractivity contribution in [2.75, 3.05) is 13.2 Å². The molecule has 452 valence electrons. The molecule has 1 unspecified atom stereocenters. The van der Waals surface area contributed by atoms with Gasteiger partial charge in [-0.2, -0.15) is 0 Å². The topological polar surface area (TPSA) is 78.9 Å². The van der Waals surface area contributed by atoms with Crippen molar-refractivity contribution in [3.8, 4) is 0 Å². The van der Waals surface area contributed by atoms with E-state index < -0.39 is 6.10 Å². The molecule has 0 fully saturated rings. The molecule has 80 heavy (non-hydrogen) atoms. The first-order valence-electron chi connectivity index (χ1n) is 32.8. The average Bonchev–Trinajstić information content (AvgIpc) is 3.46. The van der Waals surface area contributed by atoms with Crippen molar-refractivity contribution in [3.05, 3.63) is 146 Å². The highest BCUT2D eigenvalue weighted by atomic mass is 16.6. The van der Waals surface area contributed by atoms with Gasteiger partial charge in [0.2, 0.25) is 0 Å². The van der Waals surface area contributed by atoms with Crippen LogP contribution in [0.2, 0.25) is 0 Å². The summed E-state index contributed by atoms with van der Waals surface area (Å²) in [6, 6.07) is 0. The molecule has 1 atom stereocenters. The minimum atomic E-state index is -0.801. The van der Waals surface area contributed by atoms with Crippen LogP contribution in [-0.4, -0.2) is 37.2 Å². The van der Waals surface area contributed by atoms with Crippen LogP contribution in [0.1, 0.15) is 284 Å². The monoisotopic (exact) mass is 1100 g/mol. The van der Waals surface area contributed by atoms with E-state index in [1.807, 2.05) is 0 Å². The van der Waals surface area contributed by atoms with Crippen molar-refractivity contribution in [3.63, 3.8) is 0 Å². The number of allylic oxidation sites excluding steroid dienone is 24. The molecule has 0 aromatic carbocycles. The van der Waals surface area contributed by atoms with Gasteiger partial charge in [-0.15, -0.1) is 0 Å². The maximum Gasteiger partial charge on any atom is 0.306 e. The lowest BCUT2D eigenvalue weighted by atomic mass is 10.0. The van der Waals surface area contributed by atoms with E-state index in [9.17, 15) is 14.4 Å². The van der Waals surface area contributed by atoms with Gasteiger partial charge in [0, 0.05) is 19.3 Å². The maximum absolute atomic E-state index is 12.9. The second-order valence-corrected chi connectivity index (χ2v) is 21.3. The minimum absolute atomic E-state index is 0.0956. The summed E-state index contributed by atoms with van der Waals surface area (Å²) in [4.78, 5) is 38.3. The van der Waals surface area contributed by atoms with Crippen LogP contribution in [0, 0.1) is 0 Å². The van der Waals surface area contributed by atoms with Crippen LogP contribution in [0.15, 0.2) is 146 Å². The highest BCUT2D eigenvalue weighted by molar-refractivity contribution is 5.71. The SMILES string of the molecule is CC/C=C\C/C=C\C/C=C\C/C=C\C/C=C\C/C=C\CCCCCCC(=O)OC(COC(=O)CCCCCCC/C=C\CCC)COC(=O)CCCCCCCCCCCCCCC/C=C\C/C=C\C/C=C\C/C=C\C/C=C\CC. The van der Waals surface area contributed by atoms with E-state index in [0.717, 1.165) is 161 Å². The van der Waals surface area contributed by atoms with Crippen molar-refractivity contribution < 1.29 is 28.6 Å². The van der Waals surface area contributed by atoms with Crippen LogP contribution in [0.5, 0.6) is 0 Å². The highest BCUT2D eigenvalue weighted by Crippen LogP contribution is 2.16. The summed E-state index contributed by atoms with van der Waals surface area (Å²) in [5.41, 5.74) is 0. The van der Waals surface area contributed by atoms with Crippen LogP contribution in [0.25, 0.3) is 0 Å². The third-order valence-corrected chi connectivity index (χ3v) is 13.5. The molecule has 0 aromatic heterocycles. The Labute approximate surface area is 493 Å². The lowest BCUT2D eigenvalue weighted by Crippen LogP contribution is -2.30. The van der Waals surface area contributed by atoms with Gasteiger partial charge in [0.1, 0.15) is 13.2 Å². The fourth-order valence-electron chi connectivity index (χ4n) is 8.71. The predicted octanol–water partition coefficient (Wildman–Crippen LogP) is 22.7. The van der Waals surface area contributed by atoms with Gasteiger partial charge in [-0.3, -0.25) is 14.4 Å². The Hall–Kier alpha value is -4.71. The van der Waals surface area contributed by atoms with E-state index in [-0.39, 0.29) is 31.1 Å². The standard InChI is InChI=1S/C74H120O6/c1-4-7-10-13-16-19-22-24-26-28-30-32-34-35-36-37-38-39-41-42-44-46-48-50-52-55-58-61-64-67-73(76)79-70-71(69-78-72(75)66-63-60-57-54-21-18-15-12-9-6-3)80-74(77)68-65-62-59-56-53-51-49-47-45-43-40-33-31-29-27-25-23-20-17-14-11-8-5-2/h7-8,10-12,15-17,19-20,24-27,30-33,35-36,43,45,49,51,71H,4-6,9,13-14,18,21-23,28-29,34,37-42,44,46-48,50,52-70H2,1-3H3/b10-7-,11-8-,15-12-,19-16-,20-17-,26-24-,27-25-,32-30-,33-31-,36-35-,45-43-,51-49-. The molecule has 0 N–H and O–H groups in total. The Kier molecular flexibility index (Phi) is 62.9. The van der Waals surface area contributed by atoms with Gasteiger partial charge in [0.05, 0.1) is 0 Å². The van der Waals surface area contributed by atoms with Crippen molar-refractivity contribution in [1.82, 2.24) is 0 Å². The van der Waals surface area contributed by atoms with E-state index in [1.165, 1.54) is 83.5 Å². The molecule has 0 aromatic rings. The quantitative estimate of drug-likeness (QED) is 0.0261. The number of ether oxygens (including phenoxy) is 3. The Morgan fingerprint density at radius 1 is 0.263 bits per heavy atom. The van der Waals surface area contributed by atoms with E-state index in [4.69, 9.17) is 14.2 Å². The zero-order valence-electron chi connectivity index (χ0n) is 51.8. The molecule has 0 spiro atoms. The van der Waals surface area contributed by atoms with Gasteiger partial charge in [-0.25, -0.2) is 0 Å². The van der Waals surface area contributed by atoms with Crippen LogP contribution in [0.4, 0.5) is 0 Å². The summed E-state index contributed by atoms with van der Waals surface area (Å²) in [6.07, 6.45) is 95.8. The zero-order chi connectivity index (χ0) is 57.8. The molecule has 6 nitrogen and oxygen atoms in total. The molecular formula is C74H120O6. The molecule has 0 saturated heterocycles. The Balaban J connectivity index is 4.29. The summed E-state index contributed by atoms with van der Waals surface area (Å²) in [5, 5.41) is 0. The molecule has 0 saturated carbocycles. The predicted molar refractivity (Wildman–Crippen MR) is 348 cm³/mol. The first-order chi connectivity index (χ1) is 39.5. The number of unbranched alkanes of at least 4 members (excludes halogenated alkanes) is 23. The van der Waals surface area contributed by atoms with Crippen molar-refractivity contribution in [1.29, 1.82) is 0 Å². The lowest BCUT2D eigenvalue weighted by molar-refractivity contribution is -0.167. The third-order valence-electron chi connectivity index (χ3n) is 13.5. The van der Waals surface area contributed by atoms with E-state index >= 15 is 0 Å². The molecule has 0 aliphatic carbocycles. The minimum Gasteiger partial charge on any atom is -0.462 e. The smallest absolute Gasteiger partial charge is 0.306 e. The number of carbonyl (C=O) groups is 3. The zero-order valence-corrected chi connectivity index (χ0v) is 51.8. The molecule has 0 amide bonds. The van der Waals surface area contributed by atoms with Gasteiger partial charge in [0.25, 0.3) is 0 Å². The second kappa shape index (κ2) is 66.8. The Morgan fingerprint density at radius 2 is 0.487 bits per heavy atom. The number of rotatable bonds is 58. The molecule has 0 bridgehead atoms. The van der Waals surface area contributed by atoms with Gasteiger partial charge < -0.3 is 14.2 Å². The van der Waals surface area contributed by atoms with Crippen LogP contribution in [0.3, 0.4) is 0 Å². The summed E-state index contributed by atoms with van der Waals surface area (Å²) in [5.74, 6) is -0.933. The molecule has 0 aliphatic heterocycles. The summed E-state index contributed by atoms with van der Waals surface area (Å²) in [6.45, 7) is 6.33. The van der Waals surface area contributed by atoms with Crippen molar-refractivity contribution >= 4 is 17.9 Å². The van der Waals surface area contributed by atoms with Gasteiger partial charge >= 0.3 is 17.9 Å². The van der Waals surface area contributed by atoms with Crippen molar-refractivity contribution in [2.45, 2.75) is 290 Å². The number of carbonyl (C=O) groups excluding carboxylic acids is 3. The Morgan fingerprint density at radius 3 is 0.775 bits per heavy atom. The number of esters is 3. The van der Waals surface area contributed by atoms with Crippen LogP contribution in [-0.2, 0) is 28.6 Å². The van der Waals surface area contributed by atoms with Crippen LogP contribution < -0.4 is 0 Å². The average molecular weight is 1110 g/mol. The molecule has 0 aliphatic rings. The fraction of sp³-hybridized carbons (Fsp3) is 0.635. The van der Waals surface area contributed by atoms with Crippen molar-refractivity contribution in [2.24, 2.45) is 0 Å². The summed E-state index contributed by atoms with van der Waals surface area (Å²) >= 11 is 0. The van der Waals surface area contributed by atoms with E-state index in [2.05, 4.69) is 167 Å². The lowest BCUT2D eigenvalue weighted by Gasteiger charge is -2.18. The normalized spacial score (nSPS) is 13.1. The largest absolute Gasteiger partial charge is 0.462 e. The second-order valence-electron chi connectivity index (χ2n) is 21.3. The molecule has 6 heteroatoms. The van der Waals surface area contributed by atoms with Gasteiger partial charge in [-0.05, 0) is 135 Å². The maximum atomic E-state index is 12.9. The highest BCUT2D eigenvalue weighted by Gasteiger charge is 2.19. The van der Waals surface area contributed by atoms with Crippen LogP contribution >= 0.6 is 0 Å². The number of hydrogen-bond acceptors (Lipinski definition) is 6. The molecule has 0 heterocycles. The first-order valence-corrected chi connectivity index (χ1v) is 32.8. The molecule has 0 rings (SSSR count). The first kappa shape index (κ1) is 75.3. The summed E-state index contributed by atoms with van der Waals surface area (Å²) in [7, 11) is 0. The molecule has 0 radical (unpaired) electrons. The Bertz CT molecular complexity index is 1750. The van der Waals surface area contributed by atoms with Gasteiger partial charge in [0.15, 0.2) is 6.10 Å². The molecular weight excluding hydrogens is 985 g/mol. The number of hydrogen-bond donors (Lipinski definition) is 0. The summed E-state index contributed by atoms with van der Waals surface area (Å²) < 4.78 is 16.9. The fourth-order valence-corrected chi connectivity index (χ4v) is 8.71. The third kappa shape index (κ3) is 64.1. The van der Waals surface area contributed by atoms with E-state index in [0.29, 0.717) is 19.3 Å².